The number of nitrogens with one attached hydrogen (secondary N) is 2. The molecule has 0 aliphatic heterocycles. The zero-order valence-electron chi connectivity index (χ0n) is 14.9. The minimum atomic E-state index is -0.657. The van der Waals surface area contributed by atoms with Crippen molar-refractivity contribution in [1.29, 1.82) is 0 Å². The first-order valence-corrected chi connectivity index (χ1v) is 9.20. The maximum Gasteiger partial charge on any atom is 0.276 e. The number of benzene rings is 1. The number of hydrogen-bond acceptors (Lipinski definition) is 5. The highest BCUT2D eigenvalue weighted by molar-refractivity contribution is 6.42. The van der Waals surface area contributed by atoms with E-state index in [1.165, 1.54) is 0 Å². The molecule has 3 amide bonds. The molecule has 0 spiro atoms. The minimum absolute atomic E-state index is 0.163. The van der Waals surface area contributed by atoms with E-state index in [1.807, 2.05) is 6.92 Å². The van der Waals surface area contributed by atoms with Crippen LogP contribution in [0.25, 0.3) is 0 Å². The van der Waals surface area contributed by atoms with Crippen molar-refractivity contribution in [2.75, 3.05) is 13.2 Å². The Hall–Kier alpha value is -2.03. The van der Waals surface area contributed by atoms with Crippen molar-refractivity contribution in [2.45, 2.75) is 32.6 Å². The monoisotopic (exact) mass is 419 g/mol. The van der Waals surface area contributed by atoms with Crippen LogP contribution < -0.4 is 15.6 Å². The van der Waals surface area contributed by atoms with Crippen LogP contribution in [0.5, 0.6) is 5.75 Å². The van der Waals surface area contributed by atoms with Crippen LogP contribution in [0.4, 0.5) is 0 Å². The molecular weight excluding hydrogens is 397 g/mol. The third kappa shape index (κ3) is 8.47. The van der Waals surface area contributed by atoms with E-state index in [0.29, 0.717) is 16.5 Å². The van der Waals surface area contributed by atoms with E-state index in [9.17, 15) is 19.6 Å². The van der Waals surface area contributed by atoms with E-state index >= 15 is 0 Å². The van der Waals surface area contributed by atoms with Gasteiger partial charge in [0.1, 0.15) is 10.8 Å². The molecule has 0 aliphatic rings. The molecule has 0 heterocycles. The lowest BCUT2D eigenvalue weighted by Crippen LogP contribution is -2.48. The van der Waals surface area contributed by atoms with Gasteiger partial charge in [-0.05, 0) is 18.6 Å². The molecule has 10 heteroatoms. The number of carbonyl (C=O) groups is 3. The summed E-state index contributed by atoms with van der Waals surface area (Å²) in [4.78, 5) is 34.6. The van der Waals surface area contributed by atoms with Crippen molar-refractivity contribution in [1.82, 2.24) is 15.9 Å². The summed E-state index contributed by atoms with van der Waals surface area (Å²) in [6.45, 7) is 1.47. The Morgan fingerprint density at radius 3 is 2.70 bits per heavy atom. The molecule has 0 aromatic heterocycles. The summed E-state index contributed by atoms with van der Waals surface area (Å²) >= 11 is 11.8. The van der Waals surface area contributed by atoms with Crippen molar-refractivity contribution < 1.29 is 24.3 Å². The summed E-state index contributed by atoms with van der Waals surface area (Å²) in [6.07, 6.45) is 3.32. The number of halogens is 2. The van der Waals surface area contributed by atoms with E-state index in [4.69, 9.17) is 27.9 Å². The van der Waals surface area contributed by atoms with E-state index in [2.05, 4.69) is 10.9 Å². The molecule has 1 atom stereocenters. The Labute approximate surface area is 167 Å². The first-order valence-electron chi connectivity index (χ1n) is 8.45. The summed E-state index contributed by atoms with van der Waals surface area (Å²) in [5.41, 5.74) is 4.49. The summed E-state index contributed by atoms with van der Waals surface area (Å²) in [5.74, 6) is -1.54. The molecule has 150 valence electrons. The van der Waals surface area contributed by atoms with E-state index in [0.717, 1.165) is 19.3 Å². The van der Waals surface area contributed by atoms with Crippen molar-refractivity contribution >= 4 is 41.4 Å². The van der Waals surface area contributed by atoms with Crippen LogP contribution in [0.15, 0.2) is 18.2 Å². The fourth-order valence-electron chi connectivity index (χ4n) is 2.22. The maximum absolute atomic E-state index is 12.2. The van der Waals surface area contributed by atoms with Crippen molar-refractivity contribution in [3.63, 3.8) is 0 Å². The quantitative estimate of drug-likeness (QED) is 0.221. The molecule has 3 N–H and O–H groups in total. The average molecular weight is 420 g/mol. The zero-order chi connectivity index (χ0) is 20.2. The summed E-state index contributed by atoms with van der Waals surface area (Å²) < 4.78 is 5.26. The van der Waals surface area contributed by atoms with Gasteiger partial charge >= 0.3 is 0 Å². The Morgan fingerprint density at radius 2 is 2.04 bits per heavy atom. The Morgan fingerprint density at radius 1 is 1.30 bits per heavy atom. The fraction of sp³-hybridized carbons (Fsp3) is 0.471. The van der Waals surface area contributed by atoms with Crippen molar-refractivity contribution in [3.05, 3.63) is 28.2 Å². The Balaban J connectivity index is 2.49. The van der Waals surface area contributed by atoms with Crippen LogP contribution >= 0.6 is 23.2 Å². The van der Waals surface area contributed by atoms with Gasteiger partial charge in [0.15, 0.2) is 6.61 Å². The summed E-state index contributed by atoms with van der Waals surface area (Å²) in [6, 6.07) is 4.76. The number of carbonyl (C=O) groups excluding carboxylic acids is 3. The van der Waals surface area contributed by atoms with Crippen molar-refractivity contribution in [3.8, 4) is 5.75 Å². The molecule has 8 nitrogen and oxygen atoms in total. The Kier molecular flexibility index (Phi) is 10.5. The van der Waals surface area contributed by atoms with Crippen LogP contribution in [0.3, 0.4) is 0 Å². The van der Waals surface area contributed by atoms with Crippen molar-refractivity contribution in [2.24, 2.45) is 5.92 Å². The Bertz CT molecular complexity index is 645. The second-order valence-electron chi connectivity index (χ2n) is 5.80. The first kappa shape index (κ1) is 23.0. The molecule has 0 radical (unpaired) electrons. The van der Waals surface area contributed by atoms with Gasteiger partial charge in [0.2, 0.25) is 12.3 Å². The third-order valence-corrected chi connectivity index (χ3v) is 4.46. The molecule has 0 bridgehead atoms. The van der Waals surface area contributed by atoms with Gasteiger partial charge in [0.25, 0.3) is 5.91 Å². The second kappa shape index (κ2) is 12.4. The molecule has 1 rings (SSSR count). The van der Waals surface area contributed by atoms with Gasteiger partial charge in [-0.1, -0.05) is 55.5 Å². The molecule has 27 heavy (non-hydrogen) atoms. The normalized spacial score (nSPS) is 11.4. The SMILES string of the molecule is CCCCC[C@H](CN(O)C=O)C(=O)NNC(=O)COc1cccc(Cl)c1Cl. The smallest absolute Gasteiger partial charge is 0.276 e. The fourth-order valence-corrected chi connectivity index (χ4v) is 2.57. The lowest BCUT2D eigenvalue weighted by molar-refractivity contribution is -0.155. The molecule has 0 aliphatic carbocycles. The van der Waals surface area contributed by atoms with Crippen LogP contribution in [0.2, 0.25) is 10.0 Å². The van der Waals surface area contributed by atoms with Crippen LogP contribution in [-0.4, -0.2) is 41.6 Å². The molecular formula is C17H23Cl2N3O5. The van der Waals surface area contributed by atoms with E-state index in [1.54, 1.807) is 18.2 Å². The van der Waals surface area contributed by atoms with Gasteiger partial charge in [-0.2, -0.15) is 0 Å². The maximum atomic E-state index is 12.2. The van der Waals surface area contributed by atoms with Crippen LogP contribution in [0.1, 0.15) is 32.6 Å². The molecule has 1 aromatic rings. The lowest BCUT2D eigenvalue weighted by Gasteiger charge is -2.19. The minimum Gasteiger partial charge on any atom is -0.482 e. The number of unbranched alkanes of at least 4 members (excludes halogenated alkanes) is 2. The highest BCUT2D eigenvalue weighted by atomic mass is 35.5. The molecule has 0 unspecified atom stereocenters. The van der Waals surface area contributed by atoms with Gasteiger partial charge in [-0.3, -0.25) is 30.4 Å². The largest absolute Gasteiger partial charge is 0.482 e. The number of nitrogens with zero attached hydrogens (tertiary/aromatic N) is 1. The number of ether oxygens (including phenoxy) is 1. The molecule has 0 saturated heterocycles. The highest BCUT2D eigenvalue weighted by Gasteiger charge is 2.21. The number of hydrazine groups is 1. The number of rotatable bonds is 11. The molecule has 0 fully saturated rings. The number of hydroxylamine groups is 2. The van der Waals surface area contributed by atoms with Crippen LogP contribution in [-0.2, 0) is 14.4 Å². The van der Waals surface area contributed by atoms with Gasteiger partial charge < -0.3 is 4.74 Å². The molecule has 1 aromatic carbocycles. The number of hydrogen-bond donors (Lipinski definition) is 3. The van der Waals surface area contributed by atoms with Gasteiger partial charge in [-0.15, -0.1) is 0 Å². The predicted molar refractivity (Wildman–Crippen MR) is 100 cm³/mol. The van der Waals surface area contributed by atoms with Gasteiger partial charge in [0, 0.05) is 0 Å². The number of amides is 3. The van der Waals surface area contributed by atoms with E-state index in [-0.39, 0.29) is 30.3 Å². The average Bonchev–Trinajstić information content (AvgIpc) is 2.66. The lowest BCUT2D eigenvalue weighted by atomic mass is 10.0. The molecule has 0 saturated carbocycles. The van der Waals surface area contributed by atoms with Crippen LogP contribution in [0, 0.1) is 5.92 Å². The third-order valence-electron chi connectivity index (χ3n) is 3.66. The van der Waals surface area contributed by atoms with Gasteiger partial charge in [0.05, 0.1) is 17.5 Å². The topological polar surface area (TPSA) is 108 Å². The predicted octanol–water partition coefficient (Wildman–Crippen LogP) is 2.56. The highest BCUT2D eigenvalue weighted by Crippen LogP contribution is 2.31. The summed E-state index contributed by atoms with van der Waals surface area (Å²) in [7, 11) is 0. The first-order chi connectivity index (χ1) is 12.9. The van der Waals surface area contributed by atoms with E-state index < -0.39 is 17.7 Å². The zero-order valence-corrected chi connectivity index (χ0v) is 16.4. The summed E-state index contributed by atoms with van der Waals surface area (Å²) in [5, 5.41) is 10.2. The second-order valence-corrected chi connectivity index (χ2v) is 6.58. The standard InChI is InChI=1S/C17H23Cl2N3O5/c1-2-3-4-6-12(9-22(26)11-23)17(25)21-20-15(24)10-27-14-8-5-7-13(18)16(14)19/h5,7-8,11-12,26H,2-4,6,9-10H2,1H3,(H,20,24)(H,21,25)/t12-/m1/s1. The van der Waals surface area contributed by atoms with Gasteiger partial charge in [-0.25, -0.2) is 5.06 Å².